The molecular formula is C23H31NO4. The summed E-state index contributed by atoms with van der Waals surface area (Å²) < 4.78 is 11.0. The molecule has 0 radical (unpaired) electrons. The van der Waals surface area contributed by atoms with Crippen molar-refractivity contribution in [3.63, 3.8) is 0 Å². The SMILES string of the molecule is CCOC(=O)CCc1ccc2ccc(CO[C@H](C)[C@@H](C)CCC(N)=O)cc2c1. The van der Waals surface area contributed by atoms with Crippen LogP contribution in [0.5, 0.6) is 0 Å². The van der Waals surface area contributed by atoms with Gasteiger partial charge in [-0.1, -0.05) is 37.3 Å². The number of hydrogen-bond donors (Lipinski definition) is 1. The van der Waals surface area contributed by atoms with E-state index in [9.17, 15) is 9.59 Å². The Hall–Kier alpha value is -2.40. The molecule has 5 nitrogen and oxygen atoms in total. The predicted octanol–water partition coefficient (Wildman–Crippen LogP) is 4.14. The molecule has 0 unspecified atom stereocenters. The van der Waals surface area contributed by atoms with Crippen LogP contribution in [0.4, 0.5) is 0 Å². The molecule has 1 amide bonds. The highest BCUT2D eigenvalue weighted by molar-refractivity contribution is 5.84. The van der Waals surface area contributed by atoms with E-state index in [1.54, 1.807) is 0 Å². The van der Waals surface area contributed by atoms with Gasteiger partial charge in [0.15, 0.2) is 0 Å². The first-order valence-corrected chi connectivity index (χ1v) is 9.96. The quantitative estimate of drug-likeness (QED) is 0.590. The van der Waals surface area contributed by atoms with E-state index in [1.165, 1.54) is 0 Å². The van der Waals surface area contributed by atoms with Crippen LogP contribution in [0.2, 0.25) is 0 Å². The minimum Gasteiger partial charge on any atom is -0.466 e. The highest BCUT2D eigenvalue weighted by atomic mass is 16.5. The van der Waals surface area contributed by atoms with Crippen LogP contribution in [0.3, 0.4) is 0 Å². The predicted molar refractivity (Wildman–Crippen MR) is 111 cm³/mol. The standard InChI is InChI=1S/C23H31NO4/c1-4-27-23(26)12-8-18-6-9-20-10-7-19(14-21(20)13-18)15-28-17(3)16(2)5-11-22(24)25/h6-7,9-10,13-14,16-17H,4-5,8,11-12,15H2,1-3H3,(H2,24,25)/t16-,17+/m0/s1. The zero-order valence-corrected chi connectivity index (χ0v) is 17.1. The highest BCUT2D eigenvalue weighted by Crippen LogP contribution is 2.21. The Morgan fingerprint density at radius 1 is 1.00 bits per heavy atom. The molecule has 2 aromatic carbocycles. The third kappa shape index (κ3) is 6.97. The van der Waals surface area contributed by atoms with Gasteiger partial charge in [0.25, 0.3) is 0 Å². The van der Waals surface area contributed by atoms with Crippen LogP contribution in [0, 0.1) is 5.92 Å². The number of carbonyl (C=O) groups excluding carboxylic acids is 2. The molecule has 0 aromatic heterocycles. The number of fused-ring (bicyclic) bond motifs is 1. The van der Waals surface area contributed by atoms with Gasteiger partial charge in [0.1, 0.15) is 0 Å². The largest absolute Gasteiger partial charge is 0.466 e. The summed E-state index contributed by atoms with van der Waals surface area (Å²) in [5, 5.41) is 2.29. The average Bonchev–Trinajstić information content (AvgIpc) is 2.68. The van der Waals surface area contributed by atoms with Crippen LogP contribution in [-0.2, 0) is 32.1 Å². The maximum absolute atomic E-state index is 11.6. The van der Waals surface area contributed by atoms with Crippen LogP contribution in [0.15, 0.2) is 36.4 Å². The number of nitrogens with two attached hydrogens (primary N) is 1. The summed E-state index contributed by atoms with van der Waals surface area (Å²) in [6, 6.07) is 12.5. The summed E-state index contributed by atoms with van der Waals surface area (Å²) in [5.74, 6) is -0.168. The monoisotopic (exact) mass is 385 g/mol. The Bertz CT molecular complexity index is 802. The highest BCUT2D eigenvalue weighted by Gasteiger charge is 2.14. The van der Waals surface area contributed by atoms with Gasteiger partial charge in [-0.3, -0.25) is 9.59 Å². The van der Waals surface area contributed by atoms with Gasteiger partial charge in [0.2, 0.25) is 5.91 Å². The average molecular weight is 386 g/mol. The van der Waals surface area contributed by atoms with E-state index in [0.29, 0.717) is 32.5 Å². The number of benzene rings is 2. The molecule has 0 fully saturated rings. The lowest BCUT2D eigenvalue weighted by molar-refractivity contribution is -0.143. The maximum Gasteiger partial charge on any atom is 0.306 e. The zero-order chi connectivity index (χ0) is 20.5. The van der Waals surface area contributed by atoms with Crippen molar-refractivity contribution in [3.05, 3.63) is 47.5 Å². The van der Waals surface area contributed by atoms with Crippen molar-refractivity contribution in [2.24, 2.45) is 11.7 Å². The minimum atomic E-state index is -0.271. The molecule has 2 atom stereocenters. The number of rotatable bonds is 11. The number of carbonyl (C=O) groups is 2. The Morgan fingerprint density at radius 3 is 2.36 bits per heavy atom. The van der Waals surface area contributed by atoms with Crippen molar-refractivity contribution >= 4 is 22.6 Å². The second-order valence-corrected chi connectivity index (χ2v) is 7.32. The van der Waals surface area contributed by atoms with E-state index in [4.69, 9.17) is 15.2 Å². The van der Waals surface area contributed by atoms with Crippen molar-refractivity contribution in [3.8, 4) is 0 Å². The molecule has 0 aliphatic rings. The van der Waals surface area contributed by atoms with Crippen molar-refractivity contribution in [1.29, 1.82) is 0 Å². The molecule has 0 aliphatic heterocycles. The number of aryl methyl sites for hydroxylation is 1. The third-order valence-corrected chi connectivity index (χ3v) is 5.05. The van der Waals surface area contributed by atoms with E-state index < -0.39 is 0 Å². The van der Waals surface area contributed by atoms with Crippen LogP contribution in [0.1, 0.15) is 51.2 Å². The van der Waals surface area contributed by atoms with Crippen molar-refractivity contribution in [1.82, 2.24) is 0 Å². The van der Waals surface area contributed by atoms with E-state index in [-0.39, 0.29) is 23.9 Å². The second-order valence-electron chi connectivity index (χ2n) is 7.32. The van der Waals surface area contributed by atoms with E-state index >= 15 is 0 Å². The Balaban J connectivity index is 1.96. The number of esters is 1. The number of primary amides is 1. The first-order valence-electron chi connectivity index (χ1n) is 9.96. The molecule has 0 spiro atoms. The molecule has 5 heteroatoms. The molecular weight excluding hydrogens is 354 g/mol. The fraction of sp³-hybridized carbons (Fsp3) is 0.478. The summed E-state index contributed by atoms with van der Waals surface area (Å²) in [7, 11) is 0. The first kappa shape index (κ1) is 21.9. The van der Waals surface area contributed by atoms with Gasteiger partial charge in [-0.2, -0.15) is 0 Å². The van der Waals surface area contributed by atoms with Crippen LogP contribution >= 0.6 is 0 Å². The zero-order valence-electron chi connectivity index (χ0n) is 17.1. The normalized spacial score (nSPS) is 13.2. The molecule has 0 heterocycles. The molecule has 0 aliphatic carbocycles. The number of hydrogen-bond acceptors (Lipinski definition) is 4. The van der Waals surface area contributed by atoms with Crippen molar-refractivity contribution < 1.29 is 19.1 Å². The summed E-state index contributed by atoms with van der Waals surface area (Å²) in [6.07, 6.45) is 2.23. The molecule has 0 saturated heterocycles. The third-order valence-electron chi connectivity index (χ3n) is 5.05. The first-order chi connectivity index (χ1) is 13.4. The van der Waals surface area contributed by atoms with Crippen LogP contribution in [0.25, 0.3) is 10.8 Å². The molecule has 0 bridgehead atoms. The summed E-state index contributed by atoms with van der Waals surface area (Å²) in [4.78, 5) is 22.5. The van der Waals surface area contributed by atoms with Gasteiger partial charge in [-0.15, -0.1) is 0 Å². The summed E-state index contributed by atoms with van der Waals surface area (Å²) >= 11 is 0. The molecule has 28 heavy (non-hydrogen) atoms. The van der Waals surface area contributed by atoms with Crippen LogP contribution < -0.4 is 5.73 Å². The lowest BCUT2D eigenvalue weighted by atomic mass is 9.99. The summed E-state index contributed by atoms with van der Waals surface area (Å²) in [6.45, 7) is 6.85. The van der Waals surface area contributed by atoms with Gasteiger partial charge >= 0.3 is 5.97 Å². The molecule has 2 aromatic rings. The lowest BCUT2D eigenvalue weighted by Crippen LogP contribution is -2.20. The van der Waals surface area contributed by atoms with E-state index in [0.717, 1.165) is 28.3 Å². The van der Waals surface area contributed by atoms with Crippen molar-refractivity contribution in [2.75, 3.05) is 6.61 Å². The van der Waals surface area contributed by atoms with Gasteiger partial charge in [0.05, 0.1) is 19.3 Å². The Morgan fingerprint density at radius 2 is 1.68 bits per heavy atom. The lowest BCUT2D eigenvalue weighted by Gasteiger charge is -2.20. The number of ether oxygens (including phenoxy) is 2. The fourth-order valence-electron chi connectivity index (χ4n) is 3.07. The van der Waals surface area contributed by atoms with Gasteiger partial charge in [0, 0.05) is 12.8 Å². The molecule has 0 saturated carbocycles. The van der Waals surface area contributed by atoms with Crippen molar-refractivity contribution in [2.45, 2.75) is 59.2 Å². The smallest absolute Gasteiger partial charge is 0.306 e. The van der Waals surface area contributed by atoms with Crippen LogP contribution in [-0.4, -0.2) is 24.6 Å². The maximum atomic E-state index is 11.6. The van der Waals surface area contributed by atoms with E-state index in [1.807, 2.05) is 13.8 Å². The van der Waals surface area contributed by atoms with Gasteiger partial charge < -0.3 is 15.2 Å². The van der Waals surface area contributed by atoms with E-state index in [2.05, 4.69) is 43.3 Å². The Labute approximate surface area is 167 Å². The van der Waals surface area contributed by atoms with Gasteiger partial charge in [-0.25, -0.2) is 0 Å². The Kier molecular flexibility index (Phi) is 8.45. The topological polar surface area (TPSA) is 78.6 Å². The summed E-state index contributed by atoms with van der Waals surface area (Å²) in [5.41, 5.74) is 7.44. The minimum absolute atomic E-state index is 0.0472. The molecule has 152 valence electrons. The number of amides is 1. The molecule has 2 N–H and O–H groups in total. The molecule has 2 rings (SSSR count). The fourth-order valence-corrected chi connectivity index (χ4v) is 3.07. The van der Waals surface area contributed by atoms with Gasteiger partial charge in [-0.05, 0) is 60.6 Å². The second kappa shape index (κ2) is 10.8.